The van der Waals surface area contributed by atoms with Gasteiger partial charge in [-0.25, -0.2) is 8.42 Å². The summed E-state index contributed by atoms with van der Waals surface area (Å²) in [6.07, 6.45) is 1.24. The third-order valence-corrected chi connectivity index (χ3v) is 4.94. The number of nitrogens with one attached hydrogen (secondary N) is 1. The minimum atomic E-state index is -3.12. The smallest absolute Gasteiger partial charge is 0.237 e. The van der Waals surface area contributed by atoms with E-state index in [0.717, 1.165) is 28.7 Å². The fourth-order valence-electron chi connectivity index (χ4n) is 2.41. The number of nitrogens with two attached hydrogens (primary N) is 1. The first kappa shape index (κ1) is 19.9. The summed E-state index contributed by atoms with van der Waals surface area (Å²) >= 11 is 0. The zero-order valence-corrected chi connectivity index (χ0v) is 15.8. The highest BCUT2D eigenvalue weighted by atomic mass is 32.2. The van der Waals surface area contributed by atoms with E-state index in [2.05, 4.69) is 5.32 Å². The van der Waals surface area contributed by atoms with Crippen LogP contribution in [0.5, 0.6) is 5.75 Å². The zero-order chi connectivity index (χ0) is 19.2. The molecule has 0 aliphatic rings. The van der Waals surface area contributed by atoms with Crippen molar-refractivity contribution in [3.8, 4) is 16.9 Å². The molecule has 0 radical (unpaired) electrons. The Bertz CT molecular complexity index is 848. The Hall–Kier alpha value is -2.38. The quantitative estimate of drug-likeness (QED) is 0.731. The van der Waals surface area contributed by atoms with Gasteiger partial charge in [-0.1, -0.05) is 36.4 Å². The van der Waals surface area contributed by atoms with Crippen molar-refractivity contribution < 1.29 is 17.9 Å². The van der Waals surface area contributed by atoms with Gasteiger partial charge in [-0.2, -0.15) is 0 Å². The number of sulfone groups is 1. The first-order valence-electron chi connectivity index (χ1n) is 8.23. The highest BCUT2D eigenvalue weighted by Crippen LogP contribution is 2.24. The molecule has 7 heteroatoms. The van der Waals surface area contributed by atoms with E-state index in [0.29, 0.717) is 6.54 Å². The first-order valence-corrected chi connectivity index (χ1v) is 10.3. The van der Waals surface area contributed by atoms with E-state index in [1.165, 1.54) is 0 Å². The van der Waals surface area contributed by atoms with Crippen molar-refractivity contribution in [1.29, 1.82) is 0 Å². The average molecular weight is 376 g/mol. The molecule has 2 rings (SSSR count). The summed E-state index contributed by atoms with van der Waals surface area (Å²) in [5, 5.41) is 2.73. The largest absolute Gasteiger partial charge is 0.497 e. The lowest BCUT2D eigenvalue weighted by atomic mass is 10.0. The lowest BCUT2D eigenvalue weighted by Crippen LogP contribution is -2.41. The number of hydrogen-bond donors (Lipinski definition) is 2. The second kappa shape index (κ2) is 8.82. The Labute approximate surface area is 154 Å². The molecule has 1 amide bonds. The molecule has 0 fully saturated rings. The molecule has 1 unspecified atom stereocenters. The van der Waals surface area contributed by atoms with E-state index in [1.807, 2.05) is 48.5 Å². The van der Waals surface area contributed by atoms with Crippen LogP contribution < -0.4 is 15.8 Å². The van der Waals surface area contributed by atoms with Crippen molar-refractivity contribution in [2.45, 2.75) is 19.0 Å². The van der Waals surface area contributed by atoms with Crippen LogP contribution >= 0.6 is 0 Å². The Morgan fingerprint density at radius 1 is 1.15 bits per heavy atom. The van der Waals surface area contributed by atoms with Crippen molar-refractivity contribution in [3.63, 3.8) is 0 Å². The van der Waals surface area contributed by atoms with Gasteiger partial charge in [0.1, 0.15) is 15.6 Å². The van der Waals surface area contributed by atoms with Crippen molar-refractivity contribution in [3.05, 3.63) is 54.1 Å². The molecule has 0 bridgehead atoms. The van der Waals surface area contributed by atoms with Crippen molar-refractivity contribution in [2.24, 2.45) is 5.73 Å². The maximum Gasteiger partial charge on any atom is 0.237 e. The van der Waals surface area contributed by atoms with Gasteiger partial charge in [-0.05, 0) is 35.2 Å². The van der Waals surface area contributed by atoms with Gasteiger partial charge in [0.15, 0.2) is 0 Å². The number of rotatable bonds is 8. The molecule has 6 nitrogen and oxygen atoms in total. The van der Waals surface area contributed by atoms with Crippen molar-refractivity contribution in [2.75, 3.05) is 19.1 Å². The summed E-state index contributed by atoms with van der Waals surface area (Å²) in [6.45, 7) is 0.337. The number of carbonyl (C=O) groups excluding carboxylic acids is 1. The van der Waals surface area contributed by atoms with Crippen LogP contribution in [0.2, 0.25) is 0 Å². The third kappa shape index (κ3) is 6.16. The monoisotopic (exact) mass is 376 g/mol. The maximum atomic E-state index is 11.9. The second-order valence-electron chi connectivity index (χ2n) is 6.17. The second-order valence-corrected chi connectivity index (χ2v) is 8.43. The summed E-state index contributed by atoms with van der Waals surface area (Å²) in [7, 11) is -1.49. The standard InChI is InChI=1S/C19H24N2O4S/c1-25-17-5-3-4-16(12-17)15-8-6-14(7-9-15)13-21-19(22)18(20)10-11-26(2,23)24/h3-9,12,18H,10-11,13,20H2,1-2H3,(H,21,22). The summed E-state index contributed by atoms with van der Waals surface area (Å²) in [6, 6.07) is 14.7. The maximum absolute atomic E-state index is 11.9. The van der Waals surface area contributed by atoms with E-state index >= 15 is 0 Å². The normalized spacial score (nSPS) is 12.4. The van der Waals surface area contributed by atoms with E-state index < -0.39 is 15.9 Å². The van der Waals surface area contributed by atoms with E-state index in [1.54, 1.807) is 7.11 Å². The van der Waals surface area contributed by atoms with Crippen molar-refractivity contribution >= 4 is 15.7 Å². The van der Waals surface area contributed by atoms with Crippen LogP contribution in [0.1, 0.15) is 12.0 Å². The van der Waals surface area contributed by atoms with E-state index in [9.17, 15) is 13.2 Å². The Kier molecular flexibility index (Phi) is 6.76. The zero-order valence-electron chi connectivity index (χ0n) is 14.9. The summed E-state index contributed by atoms with van der Waals surface area (Å²) < 4.78 is 27.5. The number of benzene rings is 2. The minimum absolute atomic E-state index is 0.100. The summed E-state index contributed by atoms with van der Waals surface area (Å²) in [4.78, 5) is 11.9. The van der Waals surface area contributed by atoms with E-state index in [-0.39, 0.29) is 18.1 Å². The Morgan fingerprint density at radius 3 is 2.46 bits per heavy atom. The molecule has 1 atom stereocenters. The third-order valence-electron chi connectivity index (χ3n) is 3.96. The van der Waals surface area contributed by atoms with Crippen LogP contribution in [0.3, 0.4) is 0 Å². The van der Waals surface area contributed by atoms with E-state index in [4.69, 9.17) is 10.5 Å². The molecule has 3 N–H and O–H groups in total. The predicted octanol–water partition coefficient (Wildman–Crippen LogP) is 1.74. The van der Waals surface area contributed by atoms with Crippen molar-refractivity contribution in [1.82, 2.24) is 5.32 Å². The molecule has 140 valence electrons. The molecular weight excluding hydrogens is 352 g/mol. The first-order chi connectivity index (χ1) is 12.3. The Morgan fingerprint density at radius 2 is 1.85 bits per heavy atom. The van der Waals surface area contributed by atoms with Gasteiger partial charge in [-0.3, -0.25) is 4.79 Å². The molecule has 0 aromatic heterocycles. The predicted molar refractivity (Wildman–Crippen MR) is 103 cm³/mol. The van der Waals surface area contributed by atoms with Gasteiger partial charge < -0.3 is 15.8 Å². The van der Waals surface area contributed by atoms with Crippen LogP contribution in [0, 0.1) is 0 Å². The van der Waals surface area contributed by atoms with Crippen LogP contribution in [0.4, 0.5) is 0 Å². The number of amides is 1. The van der Waals surface area contributed by atoms with Gasteiger partial charge in [0, 0.05) is 12.8 Å². The fraction of sp³-hybridized carbons (Fsp3) is 0.316. The highest BCUT2D eigenvalue weighted by Gasteiger charge is 2.15. The van der Waals surface area contributed by atoms with Crippen LogP contribution in [-0.2, 0) is 21.2 Å². The number of hydrogen-bond acceptors (Lipinski definition) is 5. The minimum Gasteiger partial charge on any atom is -0.497 e. The summed E-state index contributed by atoms with van der Waals surface area (Å²) in [5.74, 6) is 0.337. The number of carbonyl (C=O) groups is 1. The fourth-order valence-corrected chi connectivity index (χ4v) is 3.09. The molecular formula is C19H24N2O4S. The molecule has 2 aromatic carbocycles. The number of methoxy groups -OCH3 is 1. The highest BCUT2D eigenvalue weighted by molar-refractivity contribution is 7.90. The lowest BCUT2D eigenvalue weighted by molar-refractivity contribution is -0.122. The molecule has 26 heavy (non-hydrogen) atoms. The van der Waals surface area contributed by atoms with Gasteiger partial charge in [-0.15, -0.1) is 0 Å². The Balaban J connectivity index is 1.91. The van der Waals surface area contributed by atoms with Crippen LogP contribution in [0.15, 0.2) is 48.5 Å². The lowest BCUT2D eigenvalue weighted by Gasteiger charge is -2.12. The van der Waals surface area contributed by atoms with Gasteiger partial charge in [0.2, 0.25) is 5.91 Å². The molecule has 0 aliphatic carbocycles. The molecule has 0 aliphatic heterocycles. The van der Waals surface area contributed by atoms with Crippen LogP contribution in [0.25, 0.3) is 11.1 Å². The number of ether oxygens (including phenoxy) is 1. The topological polar surface area (TPSA) is 98.5 Å². The molecule has 0 saturated heterocycles. The van der Waals surface area contributed by atoms with Gasteiger partial charge in [0.05, 0.1) is 18.9 Å². The van der Waals surface area contributed by atoms with Gasteiger partial charge in [0.25, 0.3) is 0 Å². The summed E-state index contributed by atoms with van der Waals surface area (Å²) in [5.41, 5.74) is 8.75. The van der Waals surface area contributed by atoms with Gasteiger partial charge >= 0.3 is 0 Å². The molecule has 0 heterocycles. The molecule has 2 aromatic rings. The molecule has 0 spiro atoms. The average Bonchev–Trinajstić information content (AvgIpc) is 2.64. The SMILES string of the molecule is COc1cccc(-c2ccc(CNC(=O)C(N)CCS(C)(=O)=O)cc2)c1. The van der Waals surface area contributed by atoms with Crippen LogP contribution in [-0.4, -0.2) is 39.5 Å². The molecule has 0 saturated carbocycles.